The van der Waals surface area contributed by atoms with Gasteiger partial charge in [0.25, 0.3) is 0 Å². The number of rotatable bonds is 15. The van der Waals surface area contributed by atoms with Gasteiger partial charge in [0.2, 0.25) is 0 Å². The van der Waals surface area contributed by atoms with E-state index < -0.39 is 12.1 Å². The third-order valence-corrected chi connectivity index (χ3v) is 3.48. The van der Waals surface area contributed by atoms with E-state index in [1.165, 1.54) is 12.5 Å². The van der Waals surface area contributed by atoms with Crippen LogP contribution >= 0.6 is 0 Å². The van der Waals surface area contributed by atoms with Gasteiger partial charge in [-0.3, -0.25) is 0 Å². The molecule has 0 aliphatic rings. The van der Waals surface area contributed by atoms with Crippen LogP contribution < -0.4 is 0 Å². The highest BCUT2D eigenvalue weighted by Crippen LogP contribution is 2.09. The molecule has 0 heterocycles. The number of carboxylic acid groups (broad SMARTS) is 1. The summed E-state index contributed by atoms with van der Waals surface area (Å²) < 4.78 is 0. The summed E-state index contributed by atoms with van der Waals surface area (Å²) in [4.78, 5) is 10.2. The maximum absolute atomic E-state index is 10.2. The first kappa shape index (κ1) is 23.8. The lowest BCUT2D eigenvalue weighted by molar-refractivity contribution is -0.131. The van der Waals surface area contributed by atoms with E-state index in [-0.39, 0.29) is 6.61 Å². The number of unbranched alkanes of at least 4 members (excludes halogenated alkanes) is 5. The molecule has 144 valence electrons. The Morgan fingerprint density at radius 2 is 1.15 bits per heavy atom. The Balaban J connectivity index is 3.73. The van der Waals surface area contributed by atoms with Gasteiger partial charge in [-0.05, 0) is 12.8 Å². The highest BCUT2D eigenvalue weighted by atomic mass is 16.4. The summed E-state index contributed by atoms with van der Waals surface area (Å²) in [6.07, 6.45) is 27.5. The number of allylic oxidation sites excluding steroid dienone is 10. The summed E-state index contributed by atoms with van der Waals surface area (Å²) in [5, 5.41) is 26.9. The zero-order valence-corrected chi connectivity index (χ0v) is 15.4. The average Bonchev–Trinajstić information content (AvgIpc) is 2.61. The van der Waals surface area contributed by atoms with Gasteiger partial charge in [-0.25, -0.2) is 4.79 Å². The molecule has 0 radical (unpaired) electrons. The van der Waals surface area contributed by atoms with Crippen LogP contribution in [0.4, 0.5) is 0 Å². The molecule has 0 unspecified atom stereocenters. The number of aliphatic carboxylic acids is 1. The number of hydrogen-bond acceptors (Lipinski definition) is 3. The van der Waals surface area contributed by atoms with Crippen LogP contribution in [0.2, 0.25) is 0 Å². The standard InChI is InChI=1S/C22H32O4/c23-20-16-12-8-7-10-14-18-21(24)17-13-9-5-3-1-2-4-6-11-15-19-22(25)26/h1-6,9,11,13,15,17,19,21,23-24H,7-8,10,12,14,16,18,20H2,(H,25,26)/b3-1+,4-2+,9-5+,11-6+,17-13+,19-15+/t21-/m1/s1. The van der Waals surface area contributed by atoms with Gasteiger partial charge < -0.3 is 15.3 Å². The zero-order chi connectivity index (χ0) is 19.3. The Kier molecular flexibility index (Phi) is 17.6. The fraction of sp³-hybridized carbons (Fsp3) is 0.409. The van der Waals surface area contributed by atoms with Crippen molar-refractivity contribution < 1.29 is 20.1 Å². The molecule has 4 heteroatoms. The van der Waals surface area contributed by atoms with Crippen molar-refractivity contribution in [1.29, 1.82) is 0 Å². The van der Waals surface area contributed by atoms with Crippen LogP contribution in [0.3, 0.4) is 0 Å². The smallest absolute Gasteiger partial charge is 0.328 e. The van der Waals surface area contributed by atoms with Gasteiger partial charge in [-0.15, -0.1) is 0 Å². The highest BCUT2D eigenvalue weighted by molar-refractivity contribution is 5.80. The average molecular weight is 360 g/mol. The minimum absolute atomic E-state index is 0.283. The van der Waals surface area contributed by atoms with Crippen molar-refractivity contribution in [2.45, 2.75) is 51.0 Å². The molecule has 0 saturated heterocycles. The van der Waals surface area contributed by atoms with Gasteiger partial charge in [0.15, 0.2) is 0 Å². The predicted octanol–water partition coefficient (Wildman–Crippen LogP) is 4.49. The van der Waals surface area contributed by atoms with E-state index in [2.05, 4.69) is 0 Å². The van der Waals surface area contributed by atoms with Crippen LogP contribution in [0.25, 0.3) is 0 Å². The molecule has 0 amide bonds. The van der Waals surface area contributed by atoms with Crippen molar-refractivity contribution in [2.24, 2.45) is 0 Å². The summed E-state index contributed by atoms with van der Waals surface area (Å²) in [6.45, 7) is 0.283. The lowest BCUT2D eigenvalue weighted by Crippen LogP contribution is -2.01. The summed E-state index contributed by atoms with van der Waals surface area (Å²) in [6, 6.07) is 0. The highest BCUT2D eigenvalue weighted by Gasteiger charge is 1.98. The van der Waals surface area contributed by atoms with Crippen molar-refractivity contribution in [3.05, 3.63) is 72.9 Å². The van der Waals surface area contributed by atoms with Crippen LogP contribution in [-0.4, -0.2) is 34.0 Å². The Bertz CT molecular complexity index is 510. The topological polar surface area (TPSA) is 77.8 Å². The number of hydrogen-bond donors (Lipinski definition) is 3. The van der Waals surface area contributed by atoms with E-state index in [0.717, 1.165) is 44.6 Å². The number of aliphatic hydroxyl groups excluding tert-OH is 2. The number of aliphatic hydroxyl groups is 2. The fourth-order valence-corrected chi connectivity index (χ4v) is 2.11. The number of carbonyl (C=O) groups is 1. The number of carboxylic acids is 1. The summed E-state index contributed by atoms with van der Waals surface area (Å²) in [5.74, 6) is -0.962. The lowest BCUT2D eigenvalue weighted by Gasteiger charge is -2.04. The Labute approximate surface area is 157 Å². The van der Waals surface area contributed by atoms with E-state index in [1.54, 1.807) is 24.3 Å². The third-order valence-electron chi connectivity index (χ3n) is 3.48. The van der Waals surface area contributed by atoms with Crippen LogP contribution in [0.15, 0.2) is 72.9 Å². The van der Waals surface area contributed by atoms with Gasteiger partial charge in [-0.2, -0.15) is 0 Å². The first-order valence-corrected chi connectivity index (χ1v) is 9.20. The van der Waals surface area contributed by atoms with E-state index in [1.807, 2.05) is 36.5 Å². The molecule has 0 spiro atoms. The molecule has 0 aromatic rings. The summed E-state index contributed by atoms with van der Waals surface area (Å²) >= 11 is 0. The Hall–Kier alpha value is -2.17. The van der Waals surface area contributed by atoms with Gasteiger partial charge in [0.05, 0.1) is 6.10 Å². The van der Waals surface area contributed by atoms with Gasteiger partial charge in [0.1, 0.15) is 0 Å². The molecule has 0 bridgehead atoms. The first-order valence-electron chi connectivity index (χ1n) is 9.20. The molecule has 0 rings (SSSR count). The Morgan fingerprint density at radius 3 is 1.69 bits per heavy atom. The van der Waals surface area contributed by atoms with Crippen molar-refractivity contribution in [1.82, 2.24) is 0 Å². The largest absolute Gasteiger partial charge is 0.478 e. The maximum atomic E-state index is 10.2. The summed E-state index contributed by atoms with van der Waals surface area (Å²) in [7, 11) is 0. The molecule has 1 atom stereocenters. The second kappa shape index (κ2) is 19.2. The molecule has 3 N–H and O–H groups in total. The molecule has 0 fully saturated rings. The maximum Gasteiger partial charge on any atom is 0.328 e. The molecule has 0 saturated carbocycles. The van der Waals surface area contributed by atoms with Crippen LogP contribution in [-0.2, 0) is 4.79 Å². The first-order chi connectivity index (χ1) is 12.7. The van der Waals surface area contributed by atoms with Crippen molar-refractivity contribution in [2.75, 3.05) is 6.61 Å². The minimum atomic E-state index is -0.962. The van der Waals surface area contributed by atoms with Crippen LogP contribution in [0.5, 0.6) is 0 Å². The van der Waals surface area contributed by atoms with Gasteiger partial charge in [-0.1, -0.05) is 98.9 Å². The molecule has 0 aromatic heterocycles. The monoisotopic (exact) mass is 360 g/mol. The molecule has 0 aromatic carbocycles. The molecule has 4 nitrogen and oxygen atoms in total. The van der Waals surface area contributed by atoms with Crippen LogP contribution in [0, 0.1) is 0 Å². The third kappa shape index (κ3) is 19.9. The quantitative estimate of drug-likeness (QED) is 0.228. The minimum Gasteiger partial charge on any atom is -0.478 e. The fourth-order valence-electron chi connectivity index (χ4n) is 2.11. The van der Waals surface area contributed by atoms with E-state index in [4.69, 9.17) is 10.2 Å². The lowest BCUT2D eigenvalue weighted by atomic mass is 10.1. The Morgan fingerprint density at radius 1 is 0.692 bits per heavy atom. The van der Waals surface area contributed by atoms with Crippen LogP contribution in [0.1, 0.15) is 44.9 Å². The molecule has 0 aliphatic heterocycles. The van der Waals surface area contributed by atoms with Crippen molar-refractivity contribution in [3.63, 3.8) is 0 Å². The zero-order valence-electron chi connectivity index (χ0n) is 15.4. The summed E-state index contributed by atoms with van der Waals surface area (Å²) in [5.41, 5.74) is 0. The molecular weight excluding hydrogens is 328 g/mol. The normalized spacial score (nSPS) is 14.2. The van der Waals surface area contributed by atoms with E-state index in [0.29, 0.717) is 0 Å². The van der Waals surface area contributed by atoms with E-state index in [9.17, 15) is 9.90 Å². The second-order valence-corrected chi connectivity index (χ2v) is 5.82. The molecule has 0 aliphatic carbocycles. The second-order valence-electron chi connectivity index (χ2n) is 5.82. The van der Waals surface area contributed by atoms with Crippen molar-refractivity contribution in [3.8, 4) is 0 Å². The van der Waals surface area contributed by atoms with Crippen molar-refractivity contribution >= 4 is 5.97 Å². The molecular formula is C22H32O4. The molecule has 26 heavy (non-hydrogen) atoms. The van der Waals surface area contributed by atoms with Gasteiger partial charge in [0, 0.05) is 12.7 Å². The SMILES string of the molecule is O=C(O)/C=C/C=C/C=C/C=C/C=C/C=C/[C@@H](O)CCCCCCCCO. The van der Waals surface area contributed by atoms with E-state index >= 15 is 0 Å². The predicted molar refractivity (Wildman–Crippen MR) is 108 cm³/mol. The van der Waals surface area contributed by atoms with Gasteiger partial charge >= 0.3 is 5.97 Å².